The van der Waals surface area contributed by atoms with E-state index in [4.69, 9.17) is 9.15 Å². The molecule has 5 nitrogen and oxygen atoms in total. The third-order valence-corrected chi connectivity index (χ3v) is 2.54. The molecule has 0 amide bonds. The molecule has 1 aromatic carbocycles. The molecule has 0 radical (unpaired) electrons. The average Bonchev–Trinajstić information content (AvgIpc) is 2.86. The molecule has 102 valence electrons. The summed E-state index contributed by atoms with van der Waals surface area (Å²) in [5.74, 6) is 1.97. The molecule has 0 aliphatic rings. The van der Waals surface area contributed by atoms with Gasteiger partial charge in [0.1, 0.15) is 5.75 Å². The number of nitrogens with one attached hydrogen (secondary N) is 1. The standard InChI is InChI=1S/C14H19N3O2/c1-4-18-12-7-5-11(6-8-12)14-17-16-13(19-14)9-15-10(2)3/h5-8,10,15H,4,9H2,1-3H3. The summed E-state index contributed by atoms with van der Waals surface area (Å²) in [4.78, 5) is 0. The van der Waals surface area contributed by atoms with Gasteiger partial charge in [0.15, 0.2) is 0 Å². The monoisotopic (exact) mass is 261 g/mol. The van der Waals surface area contributed by atoms with E-state index in [9.17, 15) is 0 Å². The van der Waals surface area contributed by atoms with Gasteiger partial charge >= 0.3 is 0 Å². The zero-order valence-corrected chi connectivity index (χ0v) is 11.5. The van der Waals surface area contributed by atoms with Crippen LogP contribution in [0.4, 0.5) is 0 Å². The van der Waals surface area contributed by atoms with E-state index in [1.807, 2.05) is 31.2 Å². The molecule has 2 aromatic rings. The molecule has 0 spiro atoms. The summed E-state index contributed by atoms with van der Waals surface area (Å²) in [5, 5.41) is 11.3. The molecule has 0 aliphatic heterocycles. The minimum atomic E-state index is 0.390. The Kier molecular flexibility index (Phi) is 4.52. The summed E-state index contributed by atoms with van der Waals surface area (Å²) in [6, 6.07) is 8.02. The molecule has 2 rings (SSSR count). The van der Waals surface area contributed by atoms with Crippen LogP contribution in [0.3, 0.4) is 0 Å². The van der Waals surface area contributed by atoms with E-state index in [2.05, 4.69) is 29.4 Å². The Balaban J connectivity index is 2.05. The lowest BCUT2D eigenvalue weighted by atomic mass is 10.2. The first-order chi connectivity index (χ1) is 9.19. The van der Waals surface area contributed by atoms with Crippen LogP contribution < -0.4 is 10.1 Å². The molecule has 0 saturated carbocycles. The van der Waals surface area contributed by atoms with Crippen molar-refractivity contribution in [3.05, 3.63) is 30.2 Å². The third-order valence-electron chi connectivity index (χ3n) is 2.54. The Hall–Kier alpha value is -1.88. The lowest BCUT2D eigenvalue weighted by molar-refractivity contribution is 0.340. The number of hydrogen-bond acceptors (Lipinski definition) is 5. The lowest BCUT2D eigenvalue weighted by Gasteiger charge is -2.03. The van der Waals surface area contributed by atoms with Gasteiger partial charge < -0.3 is 14.5 Å². The van der Waals surface area contributed by atoms with Crippen LogP contribution in [0.5, 0.6) is 5.75 Å². The summed E-state index contributed by atoms with van der Waals surface area (Å²) in [7, 11) is 0. The molecule has 19 heavy (non-hydrogen) atoms. The number of hydrogen-bond donors (Lipinski definition) is 1. The van der Waals surface area contributed by atoms with Crippen molar-refractivity contribution in [2.24, 2.45) is 0 Å². The van der Waals surface area contributed by atoms with Gasteiger partial charge in [-0.3, -0.25) is 0 Å². The van der Waals surface area contributed by atoms with Gasteiger partial charge in [0, 0.05) is 11.6 Å². The highest BCUT2D eigenvalue weighted by molar-refractivity contribution is 5.53. The van der Waals surface area contributed by atoms with Crippen LogP contribution in [0.15, 0.2) is 28.7 Å². The van der Waals surface area contributed by atoms with Crippen LogP contribution in [-0.4, -0.2) is 22.8 Å². The van der Waals surface area contributed by atoms with Crippen LogP contribution in [-0.2, 0) is 6.54 Å². The first-order valence-corrected chi connectivity index (χ1v) is 6.48. The van der Waals surface area contributed by atoms with Gasteiger partial charge in [-0.25, -0.2) is 0 Å². The van der Waals surface area contributed by atoms with Crippen molar-refractivity contribution in [2.75, 3.05) is 6.61 Å². The molecule has 1 aromatic heterocycles. The summed E-state index contributed by atoms with van der Waals surface area (Å²) in [6.45, 7) is 7.35. The van der Waals surface area contributed by atoms with Gasteiger partial charge in [-0.2, -0.15) is 0 Å². The first kappa shape index (κ1) is 13.5. The fraction of sp³-hybridized carbons (Fsp3) is 0.429. The van der Waals surface area contributed by atoms with Gasteiger partial charge in [-0.05, 0) is 31.2 Å². The van der Waals surface area contributed by atoms with E-state index in [-0.39, 0.29) is 0 Å². The van der Waals surface area contributed by atoms with Gasteiger partial charge in [-0.15, -0.1) is 10.2 Å². The van der Waals surface area contributed by atoms with E-state index in [0.717, 1.165) is 11.3 Å². The molecular formula is C14H19N3O2. The van der Waals surface area contributed by atoms with Crippen molar-refractivity contribution in [3.8, 4) is 17.2 Å². The summed E-state index contributed by atoms with van der Waals surface area (Å²) >= 11 is 0. The van der Waals surface area contributed by atoms with Crippen LogP contribution >= 0.6 is 0 Å². The molecule has 0 atom stereocenters. The molecule has 0 aliphatic carbocycles. The molecule has 0 fully saturated rings. The largest absolute Gasteiger partial charge is 0.494 e. The zero-order chi connectivity index (χ0) is 13.7. The normalized spacial score (nSPS) is 10.9. The quantitative estimate of drug-likeness (QED) is 0.866. The number of ether oxygens (including phenoxy) is 1. The van der Waals surface area contributed by atoms with Gasteiger partial charge in [0.25, 0.3) is 0 Å². The maximum Gasteiger partial charge on any atom is 0.247 e. The second-order valence-corrected chi connectivity index (χ2v) is 4.49. The number of benzene rings is 1. The van der Waals surface area contributed by atoms with E-state index in [0.29, 0.717) is 31.0 Å². The fourth-order valence-electron chi connectivity index (χ4n) is 1.59. The summed E-state index contributed by atoms with van der Waals surface area (Å²) in [5.41, 5.74) is 0.895. The summed E-state index contributed by atoms with van der Waals surface area (Å²) < 4.78 is 11.0. The number of aromatic nitrogens is 2. The Labute approximate surface area is 113 Å². The molecule has 0 bridgehead atoms. The first-order valence-electron chi connectivity index (χ1n) is 6.48. The Morgan fingerprint density at radius 3 is 2.58 bits per heavy atom. The van der Waals surface area contributed by atoms with Crippen LogP contribution in [0.2, 0.25) is 0 Å². The Bertz CT molecular complexity index is 506. The Morgan fingerprint density at radius 2 is 1.95 bits per heavy atom. The smallest absolute Gasteiger partial charge is 0.247 e. The number of rotatable bonds is 6. The van der Waals surface area contributed by atoms with Crippen molar-refractivity contribution in [1.29, 1.82) is 0 Å². The second kappa shape index (κ2) is 6.33. The predicted molar refractivity (Wildman–Crippen MR) is 72.9 cm³/mol. The minimum absolute atomic E-state index is 0.390. The van der Waals surface area contributed by atoms with Crippen LogP contribution in [0.1, 0.15) is 26.7 Å². The van der Waals surface area contributed by atoms with E-state index in [1.165, 1.54) is 0 Å². The maximum absolute atomic E-state index is 5.59. The van der Waals surface area contributed by atoms with Crippen LogP contribution in [0, 0.1) is 0 Å². The number of nitrogens with zero attached hydrogens (tertiary/aromatic N) is 2. The fourth-order valence-corrected chi connectivity index (χ4v) is 1.59. The van der Waals surface area contributed by atoms with Gasteiger partial charge in [-0.1, -0.05) is 13.8 Å². The molecule has 0 unspecified atom stereocenters. The van der Waals surface area contributed by atoms with Crippen molar-refractivity contribution < 1.29 is 9.15 Å². The third kappa shape index (κ3) is 3.79. The van der Waals surface area contributed by atoms with Gasteiger partial charge in [0.2, 0.25) is 11.8 Å². The maximum atomic E-state index is 5.59. The molecule has 0 saturated heterocycles. The highest BCUT2D eigenvalue weighted by Crippen LogP contribution is 2.21. The van der Waals surface area contributed by atoms with Gasteiger partial charge in [0.05, 0.1) is 13.2 Å². The molecular weight excluding hydrogens is 242 g/mol. The Morgan fingerprint density at radius 1 is 1.21 bits per heavy atom. The highest BCUT2D eigenvalue weighted by Gasteiger charge is 2.08. The predicted octanol–water partition coefficient (Wildman–Crippen LogP) is 2.63. The van der Waals surface area contributed by atoms with Crippen molar-refractivity contribution in [2.45, 2.75) is 33.4 Å². The zero-order valence-electron chi connectivity index (χ0n) is 11.5. The molecule has 5 heteroatoms. The van der Waals surface area contributed by atoms with Crippen molar-refractivity contribution in [3.63, 3.8) is 0 Å². The highest BCUT2D eigenvalue weighted by atomic mass is 16.5. The topological polar surface area (TPSA) is 60.2 Å². The van der Waals surface area contributed by atoms with Crippen molar-refractivity contribution >= 4 is 0 Å². The second-order valence-electron chi connectivity index (χ2n) is 4.49. The lowest BCUT2D eigenvalue weighted by Crippen LogP contribution is -2.21. The molecule has 1 heterocycles. The summed E-state index contributed by atoms with van der Waals surface area (Å²) in [6.07, 6.45) is 0. The van der Waals surface area contributed by atoms with E-state index in [1.54, 1.807) is 0 Å². The minimum Gasteiger partial charge on any atom is -0.494 e. The SMILES string of the molecule is CCOc1ccc(-c2nnc(CNC(C)C)o2)cc1. The van der Waals surface area contributed by atoms with Crippen molar-refractivity contribution in [1.82, 2.24) is 15.5 Å². The average molecular weight is 261 g/mol. The van der Waals surface area contributed by atoms with E-state index < -0.39 is 0 Å². The molecule has 1 N–H and O–H groups in total. The van der Waals surface area contributed by atoms with Crippen LogP contribution in [0.25, 0.3) is 11.5 Å². The van der Waals surface area contributed by atoms with E-state index >= 15 is 0 Å².